The fraction of sp³-hybridized carbons (Fsp3) is 0. The quantitative estimate of drug-likeness (QED) is 0.710. The molecule has 1 heterocycles. The van der Waals surface area contributed by atoms with Crippen LogP contribution in [0.1, 0.15) is 10.5 Å². The van der Waals surface area contributed by atoms with E-state index in [-0.39, 0.29) is 11.4 Å². The number of nitrogens with zero attached hydrogens (tertiary/aromatic N) is 1. The zero-order valence-corrected chi connectivity index (χ0v) is 13.0. The van der Waals surface area contributed by atoms with Crippen LogP contribution in [0.3, 0.4) is 0 Å². The van der Waals surface area contributed by atoms with Crippen molar-refractivity contribution in [2.24, 2.45) is 0 Å². The van der Waals surface area contributed by atoms with E-state index in [2.05, 4.69) is 38.5 Å². The van der Waals surface area contributed by atoms with Crippen LogP contribution < -0.4 is 5.56 Å². The van der Waals surface area contributed by atoms with E-state index in [1.165, 1.54) is 0 Å². The Kier molecular flexibility index (Phi) is 3.95. The second kappa shape index (κ2) is 5.33. The molecule has 0 bridgehead atoms. The minimum atomic E-state index is -1.29. The first kappa shape index (κ1) is 14.1. The molecule has 1 aromatic carbocycles. The Balaban J connectivity index is 2.85. The maximum absolute atomic E-state index is 11.9. The van der Waals surface area contributed by atoms with Crippen LogP contribution in [0.5, 0.6) is 5.75 Å². The lowest BCUT2D eigenvalue weighted by atomic mass is 10.2. The first-order valence-corrected chi connectivity index (χ1v) is 6.92. The van der Waals surface area contributed by atoms with Gasteiger partial charge in [0.1, 0.15) is 11.4 Å². The summed E-state index contributed by atoms with van der Waals surface area (Å²) in [6, 6.07) is 7.23. The number of rotatable bonds is 2. The molecule has 2 rings (SSSR count). The molecule has 5 nitrogen and oxygen atoms in total. The highest BCUT2D eigenvalue weighted by Crippen LogP contribution is 2.24. The first-order valence-electron chi connectivity index (χ1n) is 5.05. The highest BCUT2D eigenvalue weighted by Gasteiger charge is 2.16. The molecule has 2 aromatic rings. The molecule has 7 heteroatoms. The van der Waals surface area contributed by atoms with Gasteiger partial charge < -0.3 is 10.2 Å². The smallest absolute Gasteiger partial charge is 0.353 e. The zero-order valence-electron chi connectivity index (χ0n) is 9.30. The fourth-order valence-corrected chi connectivity index (χ4v) is 2.52. The lowest BCUT2D eigenvalue weighted by molar-refractivity contribution is 0.0686. The highest BCUT2D eigenvalue weighted by atomic mass is 127. The predicted octanol–water partition coefficient (Wildman–Crippen LogP) is 2.61. The molecule has 98 valence electrons. The minimum absolute atomic E-state index is 0.298. The van der Waals surface area contributed by atoms with Crippen molar-refractivity contribution in [3.8, 4) is 11.4 Å². The summed E-state index contributed by atoms with van der Waals surface area (Å²) < 4.78 is 2.48. The van der Waals surface area contributed by atoms with Gasteiger partial charge >= 0.3 is 5.97 Å². The molecule has 1 aromatic heterocycles. The topological polar surface area (TPSA) is 79.5 Å². The van der Waals surface area contributed by atoms with Gasteiger partial charge in [-0.2, -0.15) is 0 Å². The Morgan fingerprint density at radius 2 is 1.95 bits per heavy atom. The maximum atomic E-state index is 11.9. The molecule has 0 atom stereocenters. The number of carboxylic acid groups (broad SMARTS) is 1. The van der Waals surface area contributed by atoms with Crippen molar-refractivity contribution in [1.29, 1.82) is 0 Å². The molecule has 0 unspecified atom stereocenters. The fourth-order valence-electron chi connectivity index (χ4n) is 1.62. The van der Waals surface area contributed by atoms with Crippen LogP contribution in [-0.2, 0) is 0 Å². The molecule has 0 fully saturated rings. The molecule has 0 aliphatic rings. The number of hydrogen-bond acceptors (Lipinski definition) is 3. The largest absolute Gasteiger partial charge is 0.508 e. The van der Waals surface area contributed by atoms with Gasteiger partial charge in [0.15, 0.2) is 0 Å². The molecule has 0 aliphatic heterocycles. The van der Waals surface area contributed by atoms with Crippen LogP contribution in [0.15, 0.2) is 39.6 Å². The monoisotopic (exact) mass is 435 g/mol. The Morgan fingerprint density at radius 3 is 2.58 bits per heavy atom. The standard InChI is InChI=1S/C12H7BrINO4/c13-8-2-1-6(14)3-9(8)15-10(12(18)19)4-7(16)5-11(15)17/h1-5,16H,(H,18,19). The average Bonchev–Trinajstić information content (AvgIpc) is 2.32. The van der Waals surface area contributed by atoms with E-state index >= 15 is 0 Å². The van der Waals surface area contributed by atoms with Crippen molar-refractivity contribution in [3.05, 3.63) is 54.4 Å². The van der Waals surface area contributed by atoms with E-state index in [1.807, 2.05) is 6.07 Å². The number of aromatic nitrogens is 1. The first-order chi connectivity index (χ1) is 8.90. The van der Waals surface area contributed by atoms with Gasteiger partial charge in [-0.1, -0.05) is 0 Å². The molecule has 2 N–H and O–H groups in total. The van der Waals surface area contributed by atoms with E-state index in [0.29, 0.717) is 10.2 Å². The number of aromatic hydroxyl groups is 1. The van der Waals surface area contributed by atoms with Crippen LogP contribution in [-0.4, -0.2) is 20.7 Å². The van der Waals surface area contributed by atoms with Crippen molar-refractivity contribution < 1.29 is 15.0 Å². The maximum Gasteiger partial charge on any atom is 0.353 e. The molecular weight excluding hydrogens is 429 g/mol. The van der Waals surface area contributed by atoms with Crippen LogP contribution in [0.4, 0.5) is 0 Å². The lowest BCUT2D eigenvalue weighted by Gasteiger charge is -2.12. The van der Waals surface area contributed by atoms with Gasteiger partial charge in [0.05, 0.1) is 5.69 Å². The minimum Gasteiger partial charge on any atom is -0.508 e. The van der Waals surface area contributed by atoms with Crippen molar-refractivity contribution in [1.82, 2.24) is 4.57 Å². The Morgan fingerprint density at radius 1 is 1.26 bits per heavy atom. The van der Waals surface area contributed by atoms with E-state index in [9.17, 15) is 14.7 Å². The van der Waals surface area contributed by atoms with Crippen molar-refractivity contribution in [2.45, 2.75) is 0 Å². The van der Waals surface area contributed by atoms with Crippen molar-refractivity contribution in [2.75, 3.05) is 0 Å². The lowest BCUT2D eigenvalue weighted by Crippen LogP contribution is -2.23. The van der Waals surface area contributed by atoms with Crippen molar-refractivity contribution in [3.63, 3.8) is 0 Å². The summed E-state index contributed by atoms with van der Waals surface area (Å²) in [5.74, 6) is -1.67. The number of halogens is 2. The van der Waals surface area contributed by atoms with E-state index in [1.54, 1.807) is 12.1 Å². The average molecular weight is 436 g/mol. The molecular formula is C12H7BrINO4. The van der Waals surface area contributed by atoms with Gasteiger partial charge in [-0.3, -0.25) is 9.36 Å². The number of benzene rings is 1. The third-order valence-electron chi connectivity index (χ3n) is 2.39. The van der Waals surface area contributed by atoms with Gasteiger partial charge in [0, 0.05) is 20.2 Å². The Hall–Kier alpha value is -1.35. The number of pyridine rings is 1. The van der Waals surface area contributed by atoms with Crippen LogP contribution in [0.2, 0.25) is 0 Å². The molecule has 0 spiro atoms. The van der Waals surface area contributed by atoms with Gasteiger partial charge in [0.2, 0.25) is 0 Å². The van der Waals surface area contributed by atoms with E-state index < -0.39 is 11.5 Å². The van der Waals surface area contributed by atoms with E-state index in [0.717, 1.165) is 20.3 Å². The zero-order chi connectivity index (χ0) is 14.2. The van der Waals surface area contributed by atoms with Gasteiger partial charge in [-0.05, 0) is 56.7 Å². The summed E-state index contributed by atoms with van der Waals surface area (Å²) in [6.07, 6.45) is 0. The second-order valence-electron chi connectivity index (χ2n) is 3.67. The predicted molar refractivity (Wildman–Crippen MR) is 81.1 cm³/mol. The second-order valence-corrected chi connectivity index (χ2v) is 5.77. The third kappa shape index (κ3) is 2.81. The molecule has 0 saturated heterocycles. The van der Waals surface area contributed by atoms with Crippen molar-refractivity contribution >= 4 is 44.5 Å². The molecule has 0 amide bonds. The normalized spacial score (nSPS) is 10.4. The van der Waals surface area contributed by atoms with Crippen LogP contribution in [0, 0.1) is 3.57 Å². The molecule has 19 heavy (non-hydrogen) atoms. The number of carbonyl (C=O) groups is 1. The Bertz CT molecular complexity index is 726. The SMILES string of the molecule is O=C(O)c1cc(O)cc(=O)n1-c1cc(I)ccc1Br. The summed E-state index contributed by atoms with van der Waals surface area (Å²) in [7, 11) is 0. The number of aromatic carboxylic acids is 1. The van der Waals surface area contributed by atoms with Crippen LogP contribution in [0.25, 0.3) is 5.69 Å². The molecule has 0 radical (unpaired) electrons. The summed E-state index contributed by atoms with van der Waals surface area (Å²) in [5.41, 5.74) is -0.498. The Labute approximate surface area is 129 Å². The summed E-state index contributed by atoms with van der Waals surface area (Å²) in [5, 5.41) is 18.5. The highest BCUT2D eigenvalue weighted by molar-refractivity contribution is 14.1. The summed E-state index contributed by atoms with van der Waals surface area (Å²) in [6.45, 7) is 0. The summed E-state index contributed by atoms with van der Waals surface area (Å²) in [4.78, 5) is 23.2. The van der Waals surface area contributed by atoms with Gasteiger partial charge in [-0.15, -0.1) is 0 Å². The number of hydrogen-bond donors (Lipinski definition) is 2. The molecule has 0 saturated carbocycles. The van der Waals surface area contributed by atoms with Gasteiger partial charge in [0.25, 0.3) is 5.56 Å². The number of carboxylic acids is 1. The molecule has 0 aliphatic carbocycles. The van der Waals surface area contributed by atoms with E-state index in [4.69, 9.17) is 5.11 Å². The van der Waals surface area contributed by atoms with Gasteiger partial charge in [-0.25, -0.2) is 4.79 Å². The third-order valence-corrected chi connectivity index (χ3v) is 3.73. The summed E-state index contributed by atoms with van der Waals surface area (Å²) >= 11 is 5.35. The van der Waals surface area contributed by atoms with Crippen LogP contribution >= 0.6 is 38.5 Å².